The molecule has 16 N–H and O–H groups in total. The molecule has 0 heterocycles. The molecule has 0 unspecified atom stereocenters. The zero-order chi connectivity index (χ0) is 7.71. The smallest absolute Gasteiger partial charge is 0.412 e. The van der Waals surface area contributed by atoms with Gasteiger partial charge in [0, 0.05) is 16.8 Å². The van der Waals surface area contributed by atoms with Crippen molar-refractivity contribution in [1.82, 2.24) is 0 Å². The maximum Gasteiger partial charge on any atom is 0.478 e. The molecule has 0 saturated heterocycles. The molecule has 16 heteroatoms. The van der Waals surface area contributed by atoms with Gasteiger partial charge in [0.15, 0.2) is 0 Å². The summed E-state index contributed by atoms with van der Waals surface area (Å²) in [6.07, 6.45) is 0. The Kier molecular flexibility index (Phi) is 61.3. The minimum Gasteiger partial charge on any atom is -0.412 e. The molecule has 0 fully saturated rings. The first-order valence-electron chi connectivity index (χ1n) is 1.53. The molecule has 0 bridgehead atoms. The van der Waals surface area contributed by atoms with Gasteiger partial charge in [0.05, 0.1) is 0 Å². The standard InChI is InChI=1S/Co.H4O7P2.6H2O/c;1-8(2,3)7-9(4,5)6;;;;;;/h;(H2,1,2,3)(H2,4,5,6);6*1H2. The van der Waals surface area contributed by atoms with Crippen molar-refractivity contribution >= 4 is 15.6 Å². The Balaban J connectivity index is -0.0000000152. The Hall–Kier alpha value is 0.526. The van der Waals surface area contributed by atoms with Gasteiger partial charge in [0.1, 0.15) is 0 Å². The van der Waals surface area contributed by atoms with E-state index in [9.17, 15) is 9.13 Å². The van der Waals surface area contributed by atoms with E-state index in [2.05, 4.69) is 4.31 Å². The predicted octanol–water partition coefficient (Wildman–Crippen LogP) is -5.76. The molecule has 0 aliphatic heterocycles. The molecule has 0 aliphatic carbocycles. The van der Waals surface area contributed by atoms with Crippen LogP contribution in [-0.2, 0) is 30.2 Å². The Morgan fingerprint density at radius 3 is 0.750 bits per heavy atom. The monoisotopic (exact) mass is 345 g/mol. The molecule has 0 amide bonds. The van der Waals surface area contributed by atoms with Crippen molar-refractivity contribution in [3.63, 3.8) is 0 Å². The topological polar surface area (TPSA) is 313 Å². The van der Waals surface area contributed by atoms with E-state index in [1.54, 1.807) is 0 Å². The molecular formula is H16CoO13P2. The summed E-state index contributed by atoms with van der Waals surface area (Å²) >= 11 is 0. The summed E-state index contributed by atoms with van der Waals surface area (Å²) in [6, 6.07) is 0. The van der Waals surface area contributed by atoms with Crippen molar-refractivity contribution in [2.45, 2.75) is 0 Å². The number of hydrogen-bond acceptors (Lipinski definition) is 3. The third kappa shape index (κ3) is 62.4. The van der Waals surface area contributed by atoms with Crippen LogP contribution in [0.25, 0.3) is 0 Å². The van der Waals surface area contributed by atoms with Crippen molar-refractivity contribution in [2.75, 3.05) is 0 Å². The van der Waals surface area contributed by atoms with Crippen LogP contribution in [0.1, 0.15) is 0 Å². The molecule has 0 aliphatic rings. The SMILES string of the molecule is O.O.O.O.O.O.O=P(O)(O)OP(=O)(O)O.[Co]. The van der Waals surface area contributed by atoms with Gasteiger partial charge in [-0.25, -0.2) is 9.13 Å². The summed E-state index contributed by atoms with van der Waals surface area (Å²) in [5.41, 5.74) is 0. The summed E-state index contributed by atoms with van der Waals surface area (Å²) in [5, 5.41) is 0. The van der Waals surface area contributed by atoms with Crippen LogP contribution in [0.4, 0.5) is 0 Å². The van der Waals surface area contributed by atoms with Crippen LogP contribution < -0.4 is 0 Å². The fraction of sp³-hybridized carbons (Fsp3) is 0. The zero-order valence-corrected chi connectivity index (χ0v) is 10.1. The molecule has 113 valence electrons. The Labute approximate surface area is 99.0 Å². The van der Waals surface area contributed by atoms with Gasteiger partial charge in [0.25, 0.3) is 0 Å². The Morgan fingerprint density at radius 2 is 0.750 bits per heavy atom. The van der Waals surface area contributed by atoms with Crippen LogP contribution in [0, 0.1) is 0 Å². The van der Waals surface area contributed by atoms with E-state index in [4.69, 9.17) is 19.6 Å². The van der Waals surface area contributed by atoms with Crippen LogP contribution in [0.2, 0.25) is 0 Å². The summed E-state index contributed by atoms with van der Waals surface area (Å²) in [6.45, 7) is 0. The van der Waals surface area contributed by atoms with Crippen LogP contribution in [-0.4, -0.2) is 52.4 Å². The van der Waals surface area contributed by atoms with Crippen LogP contribution in [0.5, 0.6) is 0 Å². The maximum atomic E-state index is 9.63. The van der Waals surface area contributed by atoms with Gasteiger partial charge in [0.2, 0.25) is 0 Å². The molecule has 16 heavy (non-hydrogen) atoms. The third-order valence-corrected chi connectivity index (χ3v) is 1.91. The average Bonchev–Trinajstić information content (AvgIpc) is 1.14. The van der Waals surface area contributed by atoms with Crippen molar-refractivity contribution in [3.8, 4) is 0 Å². The van der Waals surface area contributed by atoms with E-state index in [1.807, 2.05) is 0 Å². The molecule has 0 saturated carbocycles. The number of hydrogen-bond donors (Lipinski definition) is 4. The van der Waals surface area contributed by atoms with Crippen molar-refractivity contribution in [3.05, 3.63) is 0 Å². The van der Waals surface area contributed by atoms with Gasteiger partial charge in [-0.15, -0.1) is 0 Å². The van der Waals surface area contributed by atoms with Crippen LogP contribution >= 0.6 is 15.6 Å². The predicted molar refractivity (Wildman–Crippen MR) is 46.9 cm³/mol. The molecule has 0 spiro atoms. The molecule has 0 aromatic carbocycles. The second kappa shape index (κ2) is 17.9. The first-order valence-corrected chi connectivity index (χ1v) is 4.59. The Bertz CT molecular complexity index is 154. The summed E-state index contributed by atoms with van der Waals surface area (Å²) < 4.78 is 22.2. The van der Waals surface area contributed by atoms with Gasteiger partial charge in [-0.2, -0.15) is 4.31 Å². The van der Waals surface area contributed by atoms with Crippen molar-refractivity contribution in [2.24, 2.45) is 0 Å². The third-order valence-electron chi connectivity index (χ3n) is 0.213. The van der Waals surface area contributed by atoms with E-state index in [0.29, 0.717) is 0 Å². The molecule has 0 aromatic heterocycles. The van der Waals surface area contributed by atoms with E-state index < -0.39 is 15.6 Å². The van der Waals surface area contributed by atoms with Crippen molar-refractivity contribution < 1.29 is 82.7 Å². The van der Waals surface area contributed by atoms with Gasteiger partial charge in [-0.3, -0.25) is 0 Å². The maximum absolute atomic E-state index is 9.63. The number of phosphoric acid groups is 2. The van der Waals surface area contributed by atoms with Crippen LogP contribution in [0.3, 0.4) is 0 Å². The molecule has 1 radical (unpaired) electrons. The summed E-state index contributed by atoms with van der Waals surface area (Å²) in [5.74, 6) is 0. The van der Waals surface area contributed by atoms with Gasteiger partial charge < -0.3 is 52.4 Å². The molecule has 0 rings (SSSR count). The quantitative estimate of drug-likeness (QED) is 0.350. The summed E-state index contributed by atoms with van der Waals surface area (Å²) in [4.78, 5) is 31.0. The first kappa shape index (κ1) is 54.8. The minimum atomic E-state index is -5.05. The fourth-order valence-corrected chi connectivity index (χ4v) is 1.25. The van der Waals surface area contributed by atoms with Gasteiger partial charge in [-0.05, 0) is 0 Å². The fourth-order valence-electron chi connectivity index (χ4n) is 0.139. The normalized spacial score (nSPS) is 7.75. The van der Waals surface area contributed by atoms with Gasteiger partial charge in [-0.1, -0.05) is 0 Å². The second-order valence-corrected chi connectivity index (χ2v) is 3.68. The minimum absolute atomic E-state index is 0. The molecule has 0 atom stereocenters. The number of rotatable bonds is 2. The molecular weight excluding hydrogens is 329 g/mol. The van der Waals surface area contributed by atoms with Crippen LogP contribution in [0.15, 0.2) is 0 Å². The first-order chi connectivity index (χ1) is 3.71. The Morgan fingerprint density at radius 1 is 0.625 bits per heavy atom. The molecule has 13 nitrogen and oxygen atoms in total. The largest absolute Gasteiger partial charge is 0.478 e. The average molecular weight is 345 g/mol. The van der Waals surface area contributed by atoms with E-state index in [0.717, 1.165) is 0 Å². The van der Waals surface area contributed by atoms with Gasteiger partial charge >= 0.3 is 15.6 Å². The molecule has 0 aromatic rings. The second-order valence-electron chi connectivity index (χ2n) is 1.06. The van der Waals surface area contributed by atoms with Crippen molar-refractivity contribution in [1.29, 1.82) is 0 Å². The zero-order valence-electron chi connectivity index (χ0n) is 7.24. The van der Waals surface area contributed by atoms with E-state index in [-0.39, 0.29) is 49.6 Å². The van der Waals surface area contributed by atoms with E-state index >= 15 is 0 Å². The van der Waals surface area contributed by atoms with E-state index in [1.165, 1.54) is 0 Å². The summed E-state index contributed by atoms with van der Waals surface area (Å²) in [7, 11) is -10.1.